The minimum absolute atomic E-state index is 0.0747. The maximum absolute atomic E-state index is 13.1. The van der Waals surface area contributed by atoms with Crippen molar-refractivity contribution < 1.29 is 44.1 Å². The zero-order valence-corrected chi connectivity index (χ0v) is 31.4. The van der Waals surface area contributed by atoms with E-state index in [-0.39, 0.29) is 67.5 Å². The molecular formula is C38H47N5O10Si. The van der Waals surface area contributed by atoms with Gasteiger partial charge in [-0.2, -0.15) is 0 Å². The van der Waals surface area contributed by atoms with Crippen LogP contribution in [0.3, 0.4) is 0 Å². The number of anilines is 1. The Bertz CT molecular complexity index is 1970. The van der Waals surface area contributed by atoms with Gasteiger partial charge in [0.2, 0.25) is 5.91 Å². The fraction of sp³-hybridized carbons (Fsp3) is 0.447. The lowest BCUT2D eigenvalue weighted by Crippen LogP contribution is -2.41. The Hall–Kier alpha value is -5.37. The number of benzene rings is 2. The highest BCUT2D eigenvalue weighted by molar-refractivity contribution is 6.69. The molecule has 7 N–H and O–H groups in total. The summed E-state index contributed by atoms with van der Waals surface area (Å²) in [6, 6.07) is 9.10. The number of amides is 2. The molecule has 0 saturated heterocycles. The average Bonchev–Trinajstić information content (AvgIpc) is 3.53. The smallest absolute Gasteiger partial charge is 0.326 e. The summed E-state index contributed by atoms with van der Waals surface area (Å²) in [5.41, 5.74) is 2.91. The largest absolute Gasteiger partial charge is 0.481 e. The van der Waals surface area contributed by atoms with E-state index in [1.807, 2.05) is 11.0 Å². The summed E-state index contributed by atoms with van der Waals surface area (Å²) < 4.78 is 0. The summed E-state index contributed by atoms with van der Waals surface area (Å²) in [6.07, 6.45) is 6.63. The molecule has 0 bridgehead atoms. The van der Waals surface area contributed by atoms with Gasteiger partial charge in [0, 0.05) is 37.1 Å². The van der Waals surface area contributed by atoms with Gasteiger partial charge in [0.05, 0.1) is 29.4 Å². The minimum Gasteiger partial charge on any atom is -0.481 e. The molecule has 15 nitrogen and oxygen atoms in total. The quantitative estimate of drug-likeness (QED) is 0.0500. The van der Waals surface area contributed by atoms with Crippen molar-refractivity contribution in [3.8, 4) is 12.3 Å². The number of aryl methyl sites for hydroxylation is 1. The lowest BCUT2D eigenvalue weighted by atomic mass is 9.94. The number of fused-ring (bicyclic) bond motifs is 2. The number of carbonyl (C=O) groups excluding carboxylic acids is 3. The summed E-state index contributed by atoms with van der Waals surface area (Å²) in [5.74, 6) is -2.43. The number of aliphatic carboxylic acids is 2. The number of hydrogen-bond donors (Lipinski definition) is 7. The first-order valence-electron chi connectivity index (χ1n) is 17.8. The van der Waals surface area contributed by atoms with E-state index in [9.17, 15) is 48.9 Å². The van der Waals surface area contributed by atoms with E-state index < -0.39 is 50.5 Å². The second-order valence-electron chi connectivity index (χ2n) is 14.2. The standard InChI is InChI=1S/C38H47N5O10Si/c1-4-17-43(32-14-8-24-20-31-29(21-28(24)32)36(48)42-33(22-44)40-31)26-10-6-23(7-11-26)35(47)41-30(38(51)52)13-12-27(45)19-25(37(49)50)9-15-34(46)39-16-5-18-54(2,3)53/h1,6-7,10-11,20-21,25,30,32,44,53H,5,8-9,12-19,22H2,2-3H3,(H,39,46)(H,41,47)(H,49,50)(H,51,52)(H,40,42,48)/t25-,30-,32-/m0/s1. The number of carbonyl (C=O) groups is 5. The Kier molecular flexibility index (Phi) is 14.2. The van der Waals surface area contributed by atoms with E-state index in [2.05, 4.69) is 26.5 Å². The van der Waals surface area contributed by atoms with Crippen LogP contribution in [0.1, 0.15) is 78.3 Å². The number of nitrogens with one attached hydrogen (secondary N) is 3. The zero-order chi connectivity index (χ0) is 39.6. The molecule has 0 unspecified atom stereocenters. The van der Waals surface area contributed by atoms with E-state index in [0.29, 0.717) is 48.4 Å². The summed E-state index contributed by atoms with van der Waals surface area (Å²) >= 11 is 0. The number of ketones is 1. The third-order valence-electron chi connectivity index (χ3n) is 9.46. The number of nitrogens with zero attached hydrogens (tertiary/aromatic N) is 2. The number of aromatic nitrogens is 2. The number of carboxylic acids is 2. The number of H-pyrrole nitrogens is 1. The van der Waals surface area contributed by atoms with Gasteiger partial charge in [0.15, 0.2) is 8.32 Å². The normalized spacial score (nSPS) is 14.8. The molecule has 54 heavy (non-hydrogen) atoms. The fourth-order valence-electron chi connectivity index (χ4n) is 6.59. The van der Waals surface area contributed by atoms with Gasteiger partial charge in [-0.3, -0.25) is 24.0 Å². The molecule has 288 valence electrons. The number of rotatable bonds is 20. The molecule has 16 heteroatoms. The van der Waals surface area contributed by atoms with Gasteiger partial charge in [-0.25, -0.2) is 9.78 Å². The highest BCUT2D eigenvalue weighted by Gasteiger charge is 2.30. The maximum Gasteiger partial charge on any atom is 0.326 e. The van der Waals surface area contributed by atoms with Crippen molar-refractivity contribution >= 4 is 54.4 Å². The monoisotopic (exact) mass is 761 g/mol. The number of aliphatic hydroxyl groups is 1. The van der Waals surface area contributed by atoms with E-state index in [0.717, 1.165) is 11.1 Å². The van der Waals surface area contributed by atoms with E-state index >= 15 is 0 Å². The number of carboxylic acid groups (broad SMARTS) is 2. The predicted octanol–water partition coefficient (Wildman–Crippen LogP) is 2.65. The van der Waals surface area contributed by atoms with E-state index in [1.54, 1.807) is 31.3 Å². The van der Waals surface area contributed by atoms with E-state index in [1.165, 1.54) is 12.1 Å². The predicted molar refractivity (Wildman–Crippen MR) is 202 cm³/mol. The third kappa shape index (κ3) is 11.3. The molecule has 2 amide bonds. The van der Waals surface area contributed by atoms with Gasteiger partial charge in [-0.15, -0.1) is 6.42 Å². The third-order valence-corrected chi connectivity index (χ3v) is 11.0. The average molecular weight is 762 g/mol. The molecule has 1 heterocycles. The van der Waals surface area contributed by atoms with Gasteiger partial charge < -0.3 is 40.6 Å². The summed E-state index contributed by atoms with van der Waals surface area (Å²) in [7, 11) is -2.23. The van der Waals surface area contributed by atoms with Crippen LogP contribution in [0.15, 0.2) is 41.2 Å². The Labute approximate surface area is 313 Å². The van der Waals surface area contributed by atoms with Crippen molar-refractivity contribution in [3.05, 3.63) is 69.3 Å². The van der Waals surface area contributed by atoms with Crippen LogP contribution in [-0.4, -0.2) is 87.1 Å². The molecule has 4 rings (SSSR count). The number of hydrogen-bond acceptors (Lipinski definition) is 10. The van der Waals surface area contributed by atoms with Crippen molar-refractivity contribution in [1.29, 1.82) is 0 Å². The molecule has 0 fully saturated rings. The molecule has 0 aliphatic heterocycles. The second kappa shape index (κ2) is 18.6. The van der Waals surface area contributed by atoms with Crippen LogP contribution < -0.4 is 21.1 Å². The fourth-order valence-corrected chi connectivity index (χ4v) is 7.63. The summed E-state index contributed by atoms with van der Waals surface area (Å²) in [5, 5.41) is 34.3. The van der Waals surface area contributed by atoms with Gasteiger partial charge in [-0.05, 0) is 98.8 Å². The topological polar surface area (TPSA) is 239 Å². The number of aromatic amines is 1. The first kappa shape index (κ1) is 41.4. The van der Waals surface area contributed by atoms with Crippen LogP contribution in [0.4, 0.5) is 5.69 Å². The Balaban J connectivity index is 1.34. The first-order chi connectivity index (χ1) is 25.6. The molecule has 3 aromatic rings. The molecule has 0 radical (unpaired) electrons. The van der Waals surface area contributed by atoms with Crippen LogP contribution in [0.2, 0.25) is 19.1 Å². The lowest BCUT2D eigenvalue weighted by molar-refractivity contribution is -0.144. The van der Waals surface area contributed by atoms with Crippen LogP contribution >= 0.6 is 0 Å². The highest BCUT2D eigenvalue weighted by atomic mass is 28.4. The molecule has 2 aromatic carbocycles. The molecule has 1 aliphatic rings. The Morgan fingerprint density at radius 1 is 1.07 bits per heavy atom. The van der Waals surface area contributed by atoms with Crippen LogP contribution in [-0.2, 0) is 32.2 Å². The zero-order valence-electron chi connectivity index (χ0n) is 30.4. The van der Waals surface area contributed by atoms with Gasteiger partial charge in [-0.1, -0.05) is 5.92 Å². The molecule has 3 atom stereocenters. The van der Waals surface area contributed by atoms with Crippen molar-refractivity contribution in [2.45, 2.75) is 89.2 Å². The molecule has 1 aliphatic carbocycles. The lowest BCUT2D eigenvalue weighted by Gasteiger charge is -2.30. The Morgan fingerprint density at radius 3 is 2.43 bits per heavy atom. The molecule has 0 spiro atoms. The maximum atomic E-state index is 13.1. The summed E-state index contributed by atoms with van der Waals surface area (Å²) in [6.45, 7) is 3.78. The van der Waals surface area contributed by atoms with Gasteiger partial charge in [0.1, 0.15) is 24.3 Å². The molecule has 0 saturated carbocycles. The number of aliphatic hydroxyl groups excluding tert-OH is 1. The number of terminal acetylenes is 1. The minimum atomic E-state index is -2.23. The van der Waals surface area contributed by atoms with Crippen molar-refractivity contribution in [3.63, 3.8) is 0 Å². The van der Waals surface area contributed by atoms with Crippen LogP contribution in [0, 0.1) is 18.3 Å². The van der Waals surface area contributed by atoms with Gasteiger partial charge >= 0.3 is 11.9 Å². The van der Waals surface area contributed by atoms with Crippen molar-refractivity contribution in [2.24, 2.45) is 5.92 Å². The van der Waals surface area contributed by atoms with Crippen LogP contribution in [0.5, 0.6) is 0 Å². The SMILES string of the molecule is C#CCN(c1ccc(C(=O)N[C@@H](CCC(=O)C[C@H](CCC(=O)NCCC[Si](C)(C)O)C(=O)O)C(=O)O)cc1)[C@H]1CCc2cc3nc(CO)[nH]c(=O)c3cc21. The van der Waals surface area contributed by atoms with Crippen molar-refractivity contribution in [2.75, 3.05) is 18.0 Å². The van der Waals surface area contributed by atoms with Crippen molar-refractivity contribution in [1.82, 2.24) is 20.6 Å². The second-order valence-corrected chi connectivity index (χ2v) is 18.3. The Morgan fingerprint density at radius 2 is 1.80 bits per heavy atom. The molecule has 1 aromatic heterocycles. The highest BCUT2D eigenvalue weighted by Crippen LogP contribution is 2.39. The first-order valence-corrected chi connectivity index (χ1v) is 21.0. The summed E-state index contributed by atoms with van der Waals surface area (Å²) in [4.78, 5) is 93.3. The van der Waals surface area contributed by atoms with Gasteiger partial charge in [0.25, 0.3) is 11.5 Å². The van der Waals surface area contributed by atoms with Crippen LogP contribution in [0.25, 0.3) is 10.9 Å². The number of Topliss-reactive ketones (excluding diaryl/α,β-unsaturated/α-hetero) is 1. The molecular weight excluding hydrogens is 715 g/mol. The van der Waals surface area contributed by atoms with E-state index in [4.69, 9.17) is 6.42 Å².